The van der Waals surface area contributed by atoms with Crippen molar-refractivity contribution in [3.63, 3.8) is 0 Å². The van der Waals surface area contributed by atoms with E-state index >= 15 is 0 Å². The number of likely N-dealkylation sites (N-methyl/N-ethyl adjacent to an activating group) is 1. The monoisotopic (exact) mass is 213 g/mol. The van der Waals surface area contributed by atoms with Crippen molar-refractivity contribution in [2.45, 2.75) is 12.0 Å². The molecule has 6 heteroatoms. The minimum absolute atomic E-state index is 0.169. The van der Waals surface area contributed by atoms with Gasteiger partial charge in [0, 0.05) is 33.2 Å². The number of ether oxygens (including phenoxy) is 1. The smallest absolute Gasteiger partial charge is 0.327 e. The average molecular weight is 213 g/mol. The lowest BCUT2D eigenvalue weighted by molar-refractivity contribution is -0.132. The van der Waals surface area contributed by atoms with Gasteiger partial charge in [0.15, 0.2) is 0 Å². The topological polar surface area (TPSA) is 75.9 Å². The van der Waals surface area contributed by atoms with Crippen molar-refractivity contribution in [2.24, 2.45) is 5.73 Å². The fourth-order valence-corrected chi connectivity index (χ4v) is 2.16. The molecule has 2 saturated heterocycles. The van der Waals surface area contributed by atoms with Crippen LogP contribution in [0.15, 0.2) is 0 Å². The summed E-state index contributed by atoms with van der Waals surface area (Å²) in [5.74, 6) is -0.169. The fourth-order valence-electron chi connectivity index (χ4n) is 2.16. The molecule has 15 heavy (non-hydrogen) atoms. The van der Waals surface area contributed by atoms with Crippen LogP contribution in [0.1, 0.15) is 6.42 Å². The van der Waals surface area contributed by atoms with Gasteiger partial charge in [0.25, 0.3) is 5.91 Å². The van der Waals surface area contributed by atoms with Crippen LogP contribution in [0.2, 0.25) is 0 Å². The highest BCUT2D eigenvalue weighted by molar-refractivity contribution is 6.07. The Labute approximate surface area is 87.9 Å². The highest BCUT2D eigenvalue weighted by atomic mass is 16.5. The molecule has 2 aliphatic rings. The van der Waals surface area contributed by atoms with Crippen LogP contribution in [-0.2, 0) is 9.53 Å². The SMILES string of the molecule is CN1C(=O)N(CCN)C(=O)C12CCOC2. The van der Waals surface area contributed by atoms with E-state index < -0.39 is 5.54 Å². The van der Waals surface area contributed by atoms with E-state index in [1.807, 2.05) is 0 Å². The Hall–Kier alpha value is -1.14. The van der Waals surface area contributed by atoms with Gasteiger partial charge in [-0.05, 0) is 0 Å². The summed E-state index contributed by atoms with van der Waals surface area (Å²) in [4.78, 5) is 26.6. The lowest BCUT2D eigenvalue weighted by Crippen LogP contribution is -2.48. The van der Waals surface area contributed by atoms with Gasteiger partial charge in [-0.15, -0.1) is 0 Å². The second-order valence-corrected chi connectivity index (χ2v) is 3.92. The molecule has 84 valence electrons. The van der Waals surface area contributed by atoms with Crippen molar-refractivity contribution in [1.82, 2.24) is 9.80 Å². The molecule has 0 aromatic heterocycles. The molecular weight excluding hydrogens is 198 g/mol. The number of nitrogens with two attached hydrogens (primary N) is 1. The Morgan fingerprint density at radius 3 is 2.80 bits per heavy atom. The summed E-state index contributed by atoms with van der Waals surface area (Å²) in [6.07, 6.45) is 0.579. The van der Waals surface area contributed by atoms with E-state index in [9.17, 15) is 9.59 Å². The average Bonchev–Trinajstić information content (AvgIpc) is 2.77. The van der Waals surface area contributed by atoms with Gasteiger partial charge in [0.1, 0.15) is 5.54 Å². The van der Waals surface area contributed by atoms with E-state index in [1.54, 1.807) is 7.05 Å². The van der Waals surface area contributed by atoms with Gasteiger partial charge in [0.05, 0.1) is 6.61 Å². The maximum absolute atomic E-state index is 12.1. The second-order valence-electron chi connectivity index (χ2n) is 3.92. The lowest BCUT2D eigenvalue weighted by atomic mass is 9.97. The number of carbonyl (C=O) groups excluding carboxylic acids is 2. The molecule has 3 amide bonds. The summed E-state index contributed by atoms with van der Waals surface area (Å²) in [6.45, 7) is 1.40. The minimum Gasteiger partial charge on any atom is -0.378 e. The van der Waals surface area contributed by atoms with E-state index in [4.69, 9.17) is 10.5 Å². The molecule has 2 fully saturated rings. The van der Waals surface area contributed by atoms with Gasteiger partial charge >= 0.3 is 6.03 Å². The van der Waals surface area contributed by atoms with Crippen LogP contribution in [0.25, 0.3) is 0 Å². The molecule has 2 heterocycles. The Morgan fingerprint density at radius 2 is 2.27 bits per heavy atom. The molecule has 0 bridgehead atoms. The molecular formula is C9H15N3O3. The largest absolute Gasteiger partial charge is 0.378 e. The number of imide groups is 1. The first kappa shape index (κ1) is 10.4. The Balaban J connectivity index is 2.28. The van der Waals surface area contributed by atoms with Crippen molar-refractivity contribution >= 4 is 11.9 Å². The molecule has 0 aliphatic carbocycles. The molecule has 1 spiro atoms. The first-order chi connectivity index (χ1) is 7.13. The molecule has 1 unspecified atom stereocenters. The van der Waals surface area contributed by atoms with E-state index in [0.717, 1.165) is 0 Å². The van der Waals surface area contributed by atoms with Gasteiger partial charge in [-0.2, -0.15) is 0 Å². The van der Waals surface area contributed by atoms with E-state index in [-0.39, 0.29) is 18.5 Å². The van der Waals surface area contributed by atoms with Crippen molar-refractivity contribution in [2.75, 3.05) is 33.4 Å². The van der Waals surface area contributed by atoms with Crippen LogP contribution in [0.4, 0.5) is 4.79 Å². The maximum atomic E-state index is 12.1. The van der Waals surface area contributed by atoms with Crippen molar-refractivity contribution in [1.29, 1.82) is 0 Å². The fraction of sp³-hybridized carbons (Fsp3) is 0.778. The molecule has 0 aromatic carbocycles. The zero-order valence-electron chi connectivity index (χ0n) is 8.73. The minimum atomic E-state index is -0.758. The summed E-state index contributed by atoms with van der Waals surface area (Å²) in [6, 6.07) is -0.268. The van der Waals surface area contributed by atoms with Crippen LogP contribution in [0, 0.1) is 0 Å². The third-order valence-electron chi connectivity index (χ3n) is 3.16. The number of amides is 3. The first-order valence-corrected chi connectivity index (χ1v) is 5.01. The quantitative estimate of drug-likeness (QED) is 0.597. The third kappa shape index (κ3) is 1.25. The molecule has 0 saturated carbocycles. The first-order valence-electron chi connectivity index (χ1n) is 5.01. The number of carbonyl (C=O) groups is 2. The Kier molecular flexibility index (Phi) is 2.40. The Bertz CT molecular complexity index is 299. The molecule has 1 atom stereocenters. The van der Waals surface area contributed by atoms with Gasteiger partial charge in [-0.3, -0.25) is 9.69 Å². The lowest BCUT2D eigenvalue weighted by Gasteiger charge is -2.25. The standard InChI is InChI=1S/C9H15N3O3/c1-11-8(14)12(4-3-10)7(13)9(11)2-5-15-6-9/h2-6,10H2,1H3. The van der Waals surface area contributed by atoms with Gasteiger partial charge in [-0.25, -0.2) is 4.79 Å². The van der Waals surface area contributed by atoms with Gasteiger partial charge in [-0.1, -0.05) is 0 Å². The normalized spacial score (nSPS) is 31.1. The predicted molar refractivity (Wildman–Crippen MR) is 52.1 cm³/mol. The summed E-state index contributed by atoms with van der Waals surface area (Å²) in [5, 5.41) is 0. The van der Waals surface area contributed by atoms with Crippen LogP contribution in [0.5, 0.6) is 0 Å². The van der Waals surface area contributed by atoms with Crippen molar-refractivity contribution < 1.29 is 14.3 Å². The zero-order chi connectivity index (χ0) is 11.1. The molecule has 2 rings (SSSR count). The summed E-state index contributed by atoms with van der Waals surface area (Å²) in [7, 11) is 1.64. The maximum Gasteiger partial charge on any atom is 0.327 e. The van der Waals surface area contributed by atoms with Crippen LogP contribution in [0.3, 0.4) is 0 Å². The van der Waals surface area contributed by atoms with E-state index in [0.29, 0.717) is 26.2 Å². The van der Waals surface area contributed by atoms with Gasteiger partial charge in [0.2, 0.25) is 0 Å². The van der Waals surface area contributed by atoms with E-state index in [1.165, 1.54) is 9.80 Å². The van der Waals surface area contributed by atoms with Crippen molar-refractivity contribution in [3.05, 3.63) is 0 Å². The Morgan fingerprint density at radius 1 is 1.53 bits per heavy atom. The predicted octanol–water partition coefficient (Wildman–Crippen LogP) is -1.00. The second kappa shape index (κ2) is 3.46. The number of urea groups is 1. The summed E-state index contributed by atoms with van der Waals surface area (Å²) in [5.41, 5.74) is 4.61. The molecule has 0 aromatic rings. The number of hydrogen-bond acceptors (Lipinski definition) is 4. The highest BCUT2D eigenvalue weighted by Gasteiger charge is 2.57. The summed E-state index contributed by atoms with van der Waals surface area (Å²) >= 11 is 0. The number of rotatable bonds is 2. The highest BCUT2D eigenvalue weighted by Crippen LogP contribution is 2.33. The van der Waals surface area contributed by atoms with Gasteiger partial charge < -0.3 is 15.4 Å². The summed E-state index contributed by atoms with van der Waals surface area (Å²) < 4.78 is 5.23. The molecule has 0 radical (unpaired) electrons. The van der Waals surface area contributed by atoms with Crippen LogP contribution in [-0.4, -0.2) is 60.6 Å². The van der Waals surface area contributed by atoms with E-state index in [2.05, 4.69) is 0 Å². The number of hydrogen-bond donors (Lipinski definition) is 1. The molecule has 6 nitrogen and oxygen atoms in total. The number of nitrogens with zero attached hydrogens (tertiary/aromatic N) is 2. The van der Waals surface area contributed by atoms with Crippen LogP contribution < -0.4 is 5.73 Å². The molecule has 2 aliphatic heterocycles. The molecule has 2 N–H and O–H groups in total. The third-order valence-corrected chi connectivity index (χ3v) is 3.16. The van der Waals surface area contributed by atoms with Crippen molar-refractivity contribution in [3.8, 4) is 0 Å². The zero-order valence-corrected chi connectivity index (χ0v) is 8.73. The van der Waals surface area contributed by atoms with Crippen LogP contribution >= 0.6 is 0 Å².